The SMILES string of the molecule is COc1ccc(/C=C2/SC(=S)N(c3ccc(Br)cc3)C2=O)cc1[N+](=O)[O-]. The van der Waals surface area contributed by atoms with Crippen LogP contribution in [0.1, 0.15) is 5.56 Å². The third kappa shape index (κ3) is 3.64. The number of methoxy groups -OCH3 is 1. The first-order valence-electron chi connectivity index (χ1n) is 7.26. The van der Waals surface area contributed by atoms with E-state index in [1.54, 1.807) is 24.3 Å². The fourth-order valence-corrected chi connectivity index (χ4v) is 3.93. The molecular weight excluding hydrogens is 440 g/mol. The van der Waals surface area contributed by atoms with Crippen molar-refractivity contribution in [2.24, 2.45) is 0 Å². The third-order valence-electron chi connectivity index (χ3n) is 3.58. The Hall–Kier alpha value is -2.23. The molecule has 1 fully saturated rings. The second-order valence-corrected chi connectivity index (χ2v) is 7.77. The maximum atomic E-state index is 12.7. The molecule has 1 heterocycles. The van der Waals surface area contributed by atoms with Gasteiger partial charge in [-0.05, 0) is 42.0 Å². The summed E-state index contributed by atoms with van der Waals surface area (Å²) >= 11 is 9.83. The number of ether oxygens (including phenoxy) is 1. The number of anilines is 1. The smallest absolute Gasteiger partial charge is 0.311 e. The van der Waals surface area contributed by atoms with Gasteiger partial charge in [0.2, 0.25) is 0 Å². The molecule has 1 saturated heterocycles. The van der Waals surface area contributed by atoms with Gasteiger partial charge in [-0.3, -0.25) is 19.8 Å². The lowest BCUT2D eigenvalue weighted by atomic mass is 10.1. The molecule has 26 heavy (non-hydrogen) atoms. The quantitative estimate of drug-likeness (QED) is 0.289. The molecule has 2 aromatic rings. The van der Waals surface area contributed by atoms with Crippen molar-refractivity contribution < 1.29 is 14.5 Å². The molecule has 0 aliphatic carbocycles. The predicted molar refractivity (Wildman–Crippen MR) is 109 cm³/mol. The van der Waals surface area contributed by atoms with Crippen molar-refractivity contribution in [1.82, 2.24) is 0 Å². The summed E-state index contributed by atoms with van der Waals surface area (Å²) in [6.07, 6.45) is 1.59. The van der Waals surface area contributed by atoms with Crippen molar-refractivity contribution in [3.63, 3.8) is 0 Å². The van der Waals surface area contributed by atoms with Crippen molar-refractivity contribution in [2.45, 2.75) is 0 Å². The molecular formula is C17H11BrN2O4S2. The van der Waals surface area contributed by atoms with Gasteiger partial charge >= 0.3 is 5.69 Å². The summed E-state index contributed by atoms with van der Waals surface area (Å²) in [6, 6.07) is 11.7. The number of thiocarbonyl (C=S) groups is 1. The summed E-state index contributed by atoms with van der Waals surface area (Å²) < 4.78 is 6.29. The van der Waals surface area contributed by atoms with Crippen molar-refractivity contribution in [3.8, 4) is 5.75 Å². The van der Waals surface area contributed by atoms with Crippen molar-refractivity contribution >= 4 is 67.6 Å². The molecule has 2 aromatic carbocycles. The van der Waals surface area contributed by atoms with Crippen LogP contribution in [0.2, 0.25) is 0 Å². The molecule has 6 nitrogen and oxygen atoms in total. The van der Waals surface area contributed by atoms with Crippen LogP contribution in [-0.2, 0) is 4.79 Å². The van der Waals surface area contributed by atoms with Crippen LogP contribution in [0.25, 0.3) is 6.08 Å². The number of hydrogen-bond donors (Lipinski definition) is 0. The van der Waals surface area contributed by atoms with Crippen LogP contribution in [0.3, 0.4) is 0 Å². The molecule has 0 radical (unpaired) electrons. The summed E-state index contributed by atoms with van der Waals surface area (Å²) in [6.45, 7) is 0. The Balaban J connectivity index is 1.94. The number of amides is 1. The molecule has 132 valence electrons. The highest BCUT2D eigenvalue weighted by molar-refractivity contribution is 9.10. The molecule has 0 N–H and O–H groups in total. The number of hydrogen-bond acceptors (Lipinski definition) is 6. The Morgan fingerprint density at radius 3 is 2.58 bits per heavy atom. The number of carbonyl (C=O) groups is 1. The Kier molecular flexibility index (Phi) is 5.40. The van der Waals surface area contributed by atoms with E-state index in [1.165, 1.54) is 24.1 Å². The van der Waals surface area contributed by atoms with Crippen LogP contribution in [0.4, 0.5) is 11.4 Å². The number of nitro groups is 1. The molecule has 0 bridgehead atoms. The van der Waals surface area contributed by atoms with E-state index < -0.39 is 4.92 Å². The van der Waals surface area contributed by atoms with Crippen LogP contribution < -0.4 is 9.64 Å². The number of rotatable bonds is 4. The van der Waals surface area contributed by atoms with Gasteiger partial charge in [-0.25, -0.2) is 0 Å². The Labute approximate surface area is 167 Å². The first-order valence-corrected chi connectivity index (χ1v) is 9.28. The second kappa shape index (κ2) is 7.56. The number of thioether (sulfide) groups is 1. The zero-order chi connectivity index (χ0) is 18.8. The van der Waals surface area contributed by atoms with Gasteiger partial charge in [-0.2, -0.15) is 0 Å². The van der Waals surface area contributed by atoms with E-state index in [-0.39, 0.29) is 17.3 Å². The zero-order valence-corrected chi connectivity index (χ0v) is 16.6. The average Bonchev–Trinajstić information content (AvgIpc) is 2.89. The van der Waals surface area contributed by atoms with Gasteiger partial charge in [0.1, 0.15) is 0 Å². The molecule has 0 saturated carbocycles. The highest BCUT2D eigenvalue weighted by Crippen LogP contribution is 2.37. The van der Waals surface area contributed by atoms with Gasteiger partial charge in [0.25, 0.3) is 5.91 Å². The summed E-state index contributed by atoms with van der Waals surface area (Å²) in [5, 5.41) is 11.2. The second-order valence-electron chi connectivity index (χ2n) is 5.18. The topological polar surface area (TPSA) is 72.7 Å². The highest BCUT2D eigenvalue weighted by Gasteiger charge is 2.33. The van der Waals surface area contributed by atoms with Gasteiger partial charge in [-0.1, -0.05) is 46.0 Å². The number of carbonyl (C=O) groups excluding carboxylic acids is 1. The molecule has 1 amide bonds. The van der Waals surface area contributed by atoms with Crippen LogP contribution in [0.5, 0.6) is 5.75 Å². The van der Waals surface area contributed by atoms with Crippen molar-refractivity contribution in [2.75, 3.05) is 12.0 Å². The number of nitro benzene ring substituents is 1. The van der Waals surface area contributed by atoms with Crippen LogP contribution in [-0.4, -0.2) is 22.3 Å². The van der Waals surface area contributed by atoms with Crippen molar-refractivity contribution in [3.05, 3.63) is 67.5 Å². The monoisotopic (exact) mass is 450 g/mol. The maximum Gasteiger partial charge on any atom is 0.311 e. The molecule has 0 atom stereocenters. The maximum absolute atomic E-state index is 12.7. The van der Waals surface area contributed by atoms with E-state index in [0.717, 1.165) is 16.2 Å². The summed E-state index contributed by atoms with van der Waals surface area (Å²) in [5.74, 6) is -0.102. The van der Waals surface area contributed by atoms with Gasteiger partial charge in [0.05, 0.1) is 22.6 Å². The minimum absolute atomic E-state index is 0.162. The van der Waals surface area contributed by atoms with E-state index >= 15 is 0 Å². The lowest BCUT2D eigenvalue weighted by Gasteiger charge is -2.14. The largest absolute Gasteiger partial charge is 0.490 e. The number of nitrogens with zero attached hydrogens (tertiary/aromatic N) is 2. The Morgan fingerprint density at radius 1 is 1.27 bits per heavy atom. The minimum Gasteiger partial charge on any atom is -0.490 e. The average molecular weight is 451 g/mol. The minimum atomic E-state index is -0.525. The normalized spacial score (nSPS) is 15.6. The van der Waals surface area contributed by atoms with Crippen LogP contribution in [0, 0.1) is 10.1 Å². The fourth-order valence-electron chi connectivity index (χ4n) is 2.37. The molecule has 1 aliphatic rings. The molecule has 9 heteroatoms. The first-order chi connectivity index (χ1) is 12.4. The van der Waals surface area contributed by atoms with E-state index in [0.29, 0.717) is 20.5 Å². The van der Waals surface area contributed by atoms with Gasteiger partial charge in [0.15, 0.2) is 10.1 Å². The van der Waals surface area contributed by atoms with Gasteiger partial charge in [0, 0.05) is 10.5 Å². The Morgan fingerprint density at radius 2 is 1.96 bits per heavy atom. The van der Waals surface area contributed by atoms with E-state index in [2.05, 4.69) is 15.9 Å². The molecule has 0 spiro atoms. The van der Waals surface area contributed by atoms with Crippen LogP contribution in [0.15, 0.2) is 51.8 Å². The highest BCUT2D eigenvalue weighted by atomic mass is 79.9. The zero-order valence-electron chi connectivity index (χ0n) is 13.3. The van der Waals surface area contributed by atoms with Gasteiger partial charge < -0.3 is 4.74 Å². The number of benzene rings is 2. The Bertz CT molecular complexity index is 944. The van der Waals surface area contributed by atoms with E-state index in [9.17, 15) is 14.9 Å². The van der Waals surface area contributed by atoms with Crippen LogP contribution >= 0.6 is 39.9 Å². The lowest BCUT2D eigenvalue weighted by Crippen LogP contribution is -2.27. The van der Waals surface area contributed by atoms with E-state index in [4.69, 9.17) is 17.0 Å². The van der Waals surface area contributed by atoms with Gasteiger partial charge in [-0.15, -0.1) is 0 Å². The molecule has 1 aliphatic heterocycles. The predicted octanol–water partition coefficient (Wildman–Crippen LogP) is 4.77. The summed E-state index contributed by atoms with van der Waals surface area (Å²) in [7, 11) is 1.37. The van der Waals surface area contributed by atoms with E-state index in [1.807, 2.05) is 12.1 Å². The summed E-state index contributed by atoms with van der Waals surface area (Å²) in [4.78, 5) is 25.2. The third-order valence-corrected chi connectivity index (χ3v) is 5.41. The molecule has 0 aromatic heterocycles. The van der Waals surface area contributed by atoms with Crippen molar-refractivity contribution in [1.29, 1.82) is 0 Å². The standard InChI is InChI=1S/C17H11BrN2O4S2/c1-24-14-7-2-10(8-13(14)20(22)23)9-15-16(21)19(17(25)26-15)12-5-3-11(18)4-6-12/h2-9H,1H3/b15-9+. The number of halogens is 1. The first kappa shape index (κ1) is 18.6. The molecule has 0 unspecified atom stereocenters. The molecule has 3 rings (SSSR count). The fraction of sp³-hybridized carbons (Fsp3) is 0.0588. The lowest BCUT2D eigenvalue weighted by molar-refractivity contribution is -0.385. The summed E-state index contributed by atoms with van der Waals surface area (Å²) in [5.41, 5.74) is 1.03.